The number of aryl methyl sites for hydroxylation is 1. The third-order valence-corrected chi connectivity index (χ3v) is 3.54. The van der Waals surface area contributed by atoms with Crippen LogP contribution < -0.4 is 0 Å². The molecule has 5 nitrogen and oxygen atoms in total. The van der Waals surface area contributed by atoms with E-state index in [0.717, 1.165) is 12.2 Å². The summed E-state index contributed by atoms with van der Waals surface area (Å²) >= 11 is 1.19. The van der Waals surface area contributed by atoms with Gasteiger partial charge in [-0.05, 0) is 6.42 Å². The van der Waals surface area contributed by atoms with Crippen LogP contribution in [0.1, 0.15) is 33.0 Å². The van der Waals surface area contributed by atoms with Gasteiger partial charge in [0, 0.05) is 12.5 Å². The Hall–Kier alpha value is -1.04. The summed E-state index contributed by atoms with van der Waals surface area (Å²) in [4.78, 5) is 14.8. The number of carboxylic acid groups (broad SMARTS) is 1. The Bertz CT molecular complexity index is 387. The average molecular weight is 243 g/mol. The number of carbonyl (C=O) groups is 1. The van der Waals surface area contributed by atoms with Crippen molar-refractivity contribution in [2.45, 2.75) is 37.8 Å². The largest absolute Gasteiger partial charge is 0.481 e. The molecule has 1 aromatic rings. The Balaban J connectivity index is 2.85. The maximum atomic E-state index is 10.5. The minimum atomic E-state index is -0.843. The highest BCUT2D eigenvalue weighted by molar-refractivity contribution is 7.99. The summed E-state index contributed by atoms with van der Waals surface area (Å²) in [6, 6.07) is 0. The van der Waals surface area contributed by atoms with Crippen molar-refractivity contribution >= 4 is 17.7 Å². The number of aliphatic carboxylic acids is 1. The number of nitrogens with zero attached hydrogens (tertiary/aromatic N) is 3. The number of carboxylic acids is 1. The van der Waals surface area contributed by atoms with Gasteiger partial charge in [-0.1, -0.05) is 32.5 Å². The second kappa shape index (κ2) is 4.86. The first-order chi connectivity index (χ1) is 7.36. The fourth-order valence-electron chi connectivity index (χ4n) is 1.07. The lowest BCUT2D eigenvalue weighted by Crippen LogP contribution is -2.17. The standard InChI is InChI=1S/C10H17N3O2S/c1-5-10(2,3)8-11-9(13(4)12-8)16-6-7(14)15/h5-6H2,1-4H3,(H,14,15). The second-order valence-electron chi connectivity index (χ2n) is 4.26. The first-order valence-corrected chi connectivity index (χ1v) is 6.11. The van der Waals surface area contributed by atoms with E-state index in [0.29, 0.717) is 5.16 Å². The Labute approximate surface area is 99.3 Å². The first-order valence-electron chi connectivity index (χ1n) is 5.13. The van der Waals surface area contributed by atoms with Crippen LogP contribution in [0, 0.1) is 0 Å². The summed E-state index contributed by atoms with van der Waals surface area (Å²) < 4.78 is 1.64. The van der Waals surface area contributed by atoms with Crippen LogP contribution >= 0.6 is 11.8 Å². The summed E-state index contributed by atoms with van der Waals surface area (Å²) in [6.07, 6.45) is 0.944. The number of hydrogen-bond acceptors (Lipinski definition) is 4. The van der Waals surface area contributed by atoms with Crippen molar-refractivity contribution in [3.8, 4) is 0 Å². The molecular formula is C10H17N3O2S. The number of hydrogen-bond donors (Lipinski definition) is 1. The Morgan fingerprint density at radius 2 is 2.19 bits per heavy atom. The monoisotopic (exact) mass is 243 g/mol. The van der Waals surface area contributed by atoms with E-state index in [1.165, 1.54) is 11.8 Å². The molecule has 0 spiro atoms. The van der Waals surface area contributed by atoms with Crippen LogP contribution in [0.4, 0.5) is 0 Å². The molecule has 1 N–H and O–H groups in total. The summed E-state index contributed by atoms with van der Waals surface area (Å²) in [5.41, 5.74) is -0.0696. The topological polar surface area (TPSA) is 68.0 Å². The van der Waals surface area contributed by atoms with Gasteiger partial charge in [0.1, 0.15) is 0 Å². The van der Waals surface area contributed by atoms with Gasteiger partial charge in [0.25, 0.3) is 0 Å². The van der Waals surface area contributed by atoms with Crippen molar-refractivity contribution in [1.82, 2.24) is 14.8 Å². The molecule has 90 valence electrons. The molecule has 0 aliphatic carbocycles. The molecule has 0 radical (unpaired) electrons. The van der Waals surface area contributed by atoms with Crippen LogP contribution in [-0.2, 0) is 17.3 Å². The molecule has 1 aromatic heterocycles. The quantitative estimate of drug-likeness (QED) is 0.797. The normalized spacial score (nSPS) is 11.8. The lowest BCUT2D eigenvalue weighted by molar-refractivity contribution is -0.133. The maximum Gasteiger partial charge on any atom is 0.313 e. The molecule has 0 amide bonds. The molecule has 0 saturated heterocycles. The molecule has 0 aromatic carbocycles. The predicted molar refractivity (Wildman–Crippen MR) is 62.7 cm³/mol. The Morgan fingerprint density at radius 3 is 2.69 bits per heavy atom. The zero-order valence-corrected chi connectivity index (χ0v) is 10.8. The molecule has 1 heterocycles. The predicted octanol–water partition coefficient (Wildman–Crippen LogP) is 1.68. The second-order valence-corrected chi connectivity index (χ2v) is 5.20. The number of rotatable bonds is 5. The minimum Gasteiger partial charge on any atom is -0.481 e. The van der Waals surface area contributed by atoms with Crippen LogP contribution in [0.25, 0.3) is 0 Å². The molecule has 0 fully saturated rings. The molecule has 0 bridgehead atoms. The third-order valence-electron chi connectivity index (χ3n) is 2.54. The SMILES string of the molecule is CCC(C)(C)c1nc(SCC(=O)O)n(C)n1. The third kappa shape index (κ3) is 2.98. The minimum absolute atomic E-state index is 0.0124. The van der Waals surface area contributed by atoms with Gasteiger partial charge in [-0.25, -0.2) is 9.67 Å². The maximum absolute atomic E-state index is 10.5. The van der Waals surface area contributed by atoms with Crippen LogP contribution in [-0.4, -0.2) is 31.6 Å². The van der Waals surface area contributed by atoms with Crippen LogP contribution in [0.5, 0.6) is 0 Å². The highest BCUT2D eigenvalue weighted by atomic mass is 32.2. The zero-order valence-electron chi connectivity index (χ0n) is 10.0. The Kier molecular flexibility index (Phi) is 3.96. The molecule has 0 unspecified atom stereocenters. The summed E-state index contributed by atoms with van der Waals surface area (Å²) in [5.74, 6) is -0.0619. The van der Waals surface area contributed by atoms with Crippen molar-refractivity contribution in [2.75, 3.05) is 5.75 Å². The van der Waals surface area contributed by atoms with E-state index < -0.39 is 5.97 Å². The van der Waals surface area contributed by atoms with Gasteiger partial charge in [0.05, 0.1) is 5.75 Å². The molecular weight excluding hydrogens is 226 g/mol. The zero-order chi connectivity index (χ0) is 12.3. The van der Waals surface area contributed by atoms with Crippen LogP contribution in [0.3, 0.4) is 0 Å². The smallest absolute Gasteiger partial charge is 0.313 e. The molecule has 16 heavy (non-hydrogen) atoms. The van der Waals surface area contributed by atoms with Crippen molar-refractivity contribution < 1.29 is 9.90 Å². The van der Waals surface area contributed by atoms with Crippen molar-refractivity contribution in [2.24, 2.45) is 7.05 Å². The Morgan fingerprint density at radius 1 is 1.56 bits per heavy atom. The molecule has 0 aliphatic rings. The number of aromatic nitrogens is 3. The summed E-state index contributed by atoms with van der Waals surface area (Å²) in [5, 5.41) is 13.6. The molecule has 0 saturated carbocycles. The van der Waals surface area contributed by atoms with Crippen LogP contribution in [0.15, 0.2) is 5.16 Å². The van der Waals surface area contributed by atoms with E-state index in [-0.39, 0.29) is 11.2 Å². The fraction of sp³-hybridized carbons (Fsp3) is 0.700. The molecule has 0 atom stereocenters. The highest BCUT2D eigenvalue weighted by Gasteiger charge is 2.24. The van der Waals surface area contributed by atoms with E-state index >= 15 is 0 Å². The lowest BCUT2D eigenvalue weighted by atomic mass is 9.90. The van der Waals surface area contributed by atoms with Crippen LogP contribution in [0.2, 0.25) is 0 Å². The number of thioether (sulfide) groups is 1. The lowest BCUT2D eigenvalue weighted by Gasteiger charge is -2.17. The van der Waals surface area contributed by atoms with E-state index in [2.05, 4.69) is 30.9 Å². The highest BCUT2D eigenvalue weighted by Crippen LogP contribution is 2.25. The van der Waals surface area contributed by atoms with Crippen molar-refractivity contribution in [1.29, 1.82) is 0 Å². The molecule has 0 aliphatic heterocycles. The van der Waals surface area contributed by atoms with Gasteiger partial charge < -0.3 is 5.11 Å². The van der Waals surface area contributed by atoms with Gasteiger partial charge in [-0.2, -0.15) is 5.10 Å². The van der Waals surface area contributed by atoms with E-state index in [4.69, 9.17) is 5.11 Å². The van der Waals surface area contributed by atoms with E-state index in [1.807, 2.05) is 0 Å². The molecule has 6 heteroatoms. The fourth-order valence-corrected chi connectivity index (χ4v) is 1.70. The molecule has 1 rings (SSSR count). The van der Waals surface area contributed by atoms with Crippen molar-refractivity contribution in [3.63, 3.8) is 0 Å². The summed E-state index contributed by atoms with van der Waals surface area (Å²) in [6.45, 7) is 6.24. The van der Waals surface area contributed by atoms with E-state index in [9.17, 15) is 4.79 Å². The van der Waals surface area contributed by atoms with Gasteiger partial charge in [0.2, 0.25) is 0 Å². The van der Waals surface area contributed by atoms with E-state index in [1.54, 1.807) is 11.7 Å². The summed E-state index contributed by atoms with van der Waals surface area (Å²) in [7, 11) is 1.78. The van der Waals surface area contributed by atoms with Gasteiger partial charge in [-0.15, -0.1) is 0 Å². The first kappa shape index (κ1) is 13.0. The average Bonchev–Trinajstić information content (AvgIpc) is 2.57. The van der Waals surface area contributed by atoms with Gasteiger partial charge in [-0.3, -0.25) is 4.79 Å². The van der Waals surface area contributed by atoms with Crippen molar-refractivity contribution in [3.05, 3.63) is 5.82 Å². The van der Waals surface area contributed by atoms with Gasteiger partial charge >= 0.3 is 5.97 Å². The van der Waals surface area contributed by atoms with Gasteiger partial charge in [0.15, 0.2) is 11.0 Å².